The number of nitrogens with zero attached hydrogens (tertiary/aromatic N) is 1. The minimum Gasteiger partial charge on any atom is -0.461 e. The Labute approximate surface area is 160 Å². The van der Waals surface area contributed by atoms with Gasteiger partial charge in [0, 0.05) is 12.5 Å². The normalized spacial score (nSPS) is 23.3. The lowest BCUT2D eigenvalue weighted by Crippen LogP contribution is -2.67. The molecule has 2 atom stereocenters. The summed E-state index contributed by atoms with van der Waals surface area (Å²) in [4.78, 5) is 36.4. The highest BCUT2D eigenvalue weighted by Gasteiger charge is 2.58. The van der Waals surface area contributed by atoms with Gasteiger partial charge < -0.3 is 9.47 Å². The first-order valence-corrected chi connectivity index (χ1v) is 10.1. The van der Waals surface area contributed by atoms with Crippen molar-refractivity contribution in [1.82, 2.24) is 4.90 Å². The van der Waals surface area contributed by atoms with Crippen LogP contribution in [0.2, 0.25) is 0 Å². The summed E-state index contributed by atoms with van der Waals surface area (Å²) in [6.45, 7) is 0.515. The monoisotopic (exact) mass is 413 g/mol. The van der Waals surface area contributed by atoms with Crippen LogP contribution < -0.4 is 0 Å². The van der Waals surface area contributed by atoms with Gasteiger partial charge in [-0.1, -0.05) is 18.2 Å². The van der Waals surface area contributed by atoms with E-state index in [1.165, 1.54) is 6.92 Å². The maximum atomic E-state index is 12.4. The molecule has 2 heterocycles. The van der Waals surface area contributed by atoms with Gasteiger partial charge in [0.1, 0.15) is 18.6 Å². The highest BCUT2D eigenvalue weighted by atomic mass is 35.5. The van der Waals surface area contributed by atoms with Crippen LogP contribution in [0.4, 0.5) is 0 Å². The number of esters is 2. The topological polar surface area (TPSA) is 107 Å². The number of hydrogen-bond donors (Lipinski definition) is 0. The maximum absolute atomic E-state index is 12.4. The smallest absolute Gasteiger partial charge is 0.338 e. The average Bonchev–Trinajstić information content (AvgIpc) is 2.64. The number of amides is 1. The number of rotatable bonds is 5. The Balaban J connectivity index is 1.87. The van der Waals surface area contributed by atoms with Gasteiger partial charge in [-0.25, -0.2) is 13.2 Å². The predicted octanol–water partition coefficient (Wildman–Crippen LogP) is 0.865. The largest absolute Gasteiger partial charge is 0.461 e. The van der Waals surface area contributed by atoms with Crippen LogP contribution in [-0.2, 0) is 28.9 Å². The van der Waals surface area contributed by atoms with Gasteiger partial charge in [0.25, 0.3) is 0 Å². The van der Waals surface area contributed by atoms with Gasteiger partial charge in [-0.15, -0.1) is 11.6 Å². The third-order valence-electron chi connectivity index (χ3n) is 4.22. The molecule has 3 rings (SSSR count). The second kappa shape index (κ2) is 7.32. The van der Waals surface area contributed by atoms with Crippen LogP contribution in [0.25, 0.3) is 0 Å². The van der Waals surface area contributed by atoms with Gasteiger partial charge in [-0.3, -0.25) is 14.5 Å². The average molecular weight is 414 g/mol. The van der Waals surface area contributed by atoms with Crippen molar-refractivity contribution in [3.05, 3.63) is 47.2 Å². The highest BCUT2D eigenvalue weighted by Crippen LogP contribution is 2.39. The first-order valence-electron chi connectivity index (χ1n) is 7.97. The molecule has 2 aliphatic heterocycles. The van der Waals surface area contributed by atoms with Crippen LogP contribution in [0.1, 0.15) is 17.3 Å². The molecule has 0 radical (unpaired) electrons. The molecule has 2 aliphatic rings. The van der Waals surface area contributed by atoms with Crippen LogP contribution in [0.15, 0.2) is 41.6 Å². The predicted molar refractivity (Wildman–Crippen MR) is 94.4 cm³/mol. The van der Waals surface area contributed by atoms with Crippen molar-refractivity contribution in [3.63, 3.8) is 0 Å². The molecular formula is C17H16ClNO7S. The molecule has 1 amide bonds. The Kier molecular flexibility index (Phi) is 5.25. The third kappa shape index (κ3) is 3.70. The molecule has 144 valence electrons. The zero-order chi connectivity index (χ0) is 19.8. The van der Waals surface area contributed by atoms with Crippen molar-refractivity contribution in [3.8, 4) is 0 Å². The first-order chi connectivity index (χ1) is 12.7. The van der Waals surface area contributed by atoms with Gasteiger partial charge in [0.15, 0.2) is 15.2 Å². The number of carbonyl (C=O) groups excluding carboxylic acids is 3. The molecule has 0 unspecified atom stereocenters. The standard InChI is InChI=1S/C17H16ClNO7S/c1-10(20)25-7-12-9-27(23,24)16-14(18)15(21)19(16)13(12)8-26-17(22)11-5-3-2-4-6-11/h2-6,14,16H,7-9H2,1H3/t14-,16+/m0/s1. The van der Waals surface area contributed by atoms with E-state index in [2.05, 4.69) is 0 Å². The van der Waals surface area contributed by atoms with Gasteiger partial charge in [0.05, 0.1) is 17.0 Å². The zero-order valence-corrected chi connectivity index (χ0v) is 15.8. The summed E-state index contributed by atoms with van der Waals surface area (Å²) in [5.41, 5.74) is 0.672. The van der Waals surface area contributed by atoms with E-state index in [4.69, 9.17) is 21.1 Å². The summed E-state index contributed by atoms with van der Waals surface area (Å²) in [5.74, 6) is -2.27. The quantitative estimate of drug-likeness (QED) is 0.400. The number of halogens is 1. The van der Waals surface area contributed by atoms with Crippen molar-refractivity contribution in [2.45, 2.75) is 17.7 Å². The van der Waals surface area contributed by atoms with E-state index in [1.807, 2.05) is 0 Å². The molecule has 0 saturated carbocycles. The summed E-state index contributed by atoms with van der Waals surface area (Å²) in [5, 5.41) is -2.40. The van der Waals surface area contributed by atoms with E-state index >= 15 is 0 Å². The fraction of sp³-hybridized carbons (Fsp3) is 0.353. The van der Waals surface area contributed by atoms with Crippen LogP contribution in [0, 0.1) is 0 Å². The number of alkyl halides is 1. The number of hydrogen-bond acceptors (Lipinski definition) is 7. The molecule has 8 nitrogen and oxygen atoms in total. The molecule has 0 aromatic heterocycles. The van der Waals surface area contributed by atoms with Crippen molar-refractivity contribution < 1.29 is 32.3 Å². The second-order valence-electron chi connectivity index (χ2n) is 6.08. The Bertz CT molecular complexity index is 926. The summed E-state index contributed by atoms with van der Waals surface area (Å²) >= 11 is 5.87. The number of benzene rings is 1. The fourth-order valence-electron chi connectivity index (χ4n) is 2.92. The van der Waals surface area contributed by atoms with E-state index in [1.54, 1.807) is 30.3 Å². The molecule has 1 fully saturated rings. The number of β-lactam (4-membered cyclic amide) rings is 1. The lowest BCUT2D eigenvalue weighted by Gasteiger charge is -2.47. The highest BCUT2D eigenvalue weighted by molar-refractivity contribution is 7.92. The van der Waals surface area contributed by atoms with E-state index in [9.17, 15) is 22.8 Å². The molecule has 0 spiro atoms. The number of ether oxygens (including phenoxy) is 2. The van der Waals surface area contributed by atoms with Crippen LogP contribution in [0.5, 0.6) is 0 Å². The van der Waals surface area contributed by atoms with E-state index in [0.717, 1.165) is 4.90 Å². The molecule has 1 aromatic carbocycles. The SMILES string of the molecule is CC(=O)OCC1=C(COC(=O)c2ccccc2)N2C(=O)[C@H](Cl)[C@H]2S(=O)(=O)C1. The van der Waals surface area contributed by atoms with E-state index < -0.39 is 44.2 Å². The van der Waals surface area contributed by atoms with Crippen molar-refractivity contribution in [2.75, 3.05) is 19.0 Å². The Hall–Kier alpha value is -2.39. The second-order valence-corrected chi connectivity index (χ2v) is 8.65. The fourth-order valence-corrected chi connectivity index (χ4v) is 5.54. The Morgan fingerprint density at radius 3 is 2.48 bits per heavy atom. The number of carbonyl (C=O) groups is 3. The lowest BCUT2D eigenvalue weighted by molar-refractivity contribution is -0.140. The Morgan fingerprint density at radius 2 is 1.85 bits per heavy atom. The van der Waals surface area contributed by atoms with Gasteiger partial charge in [-0.05, 0) is 12.1 Å². The molecule has 0 bridgehead atoms. The molecule has 0 aliphatic carbocycles. The minimum absolute atomic E-state index is 0.180. The van der Waals surface area contributed by atoms with Gasteiger partial charge in [-0.2, -0.15) is 0 Å². The van der Waals surface area contributed by atoms with E-state index in [0.29, 0.717) is 5.56 Å². The zero-order valence-electron chi connectivity index (χ0n) is 14.3. The van der Waals surface area contributed by atoms with Crippen molar-refractivity contribution >= 4 is 39.3 Å². The van der Waals surface area contributed by atoms with E-state index in [-0.39, 0.29) is 24.5 Å². The summed E-state index contributed by atoms with van der Waals surface area (Å²) < 4.78 is 34.9. The maximum Gasteiger partial charge on any atom is 0.338 e. The third-order valence-corrected chi connectivity index (χ3v) is 6.76. The Morgan fingerprint density at radius 1 is 1.19 bits per heavy atom. The molecule has 10 heteroatoms. The molecule has 27 heavy (non-hydrogen) atoms. The first kappa shape index (κ1) is 19.4. The lowest BCUT2D eigenvalue weighted by atomic mass is 10.1. The van der Waals surface area contributed by atoms with Gasteiger partial charge in [0.2, 0.25) is 5.91 Å². The number of sulfone groups is 1. The summed E-state index contributed by atoms with van der Waals surface area (Å²) in [7, 11) is -3.74. The molecule has 1 saturated heterocycles. The molecule has 0 N–H and O–H groups in total. The number of fused-ring (bicyclic) bond motifs is 1. The summed E-state index contributed by atoms with van der Waals surface area (Å²) in [6.07, 6.45) is 0. The van der Waals surface area contributed by atoms with Gasteiger partial charge >= 0.3 is 11.9 Å². The minimum atomic E-state index is -3.74. The van der Waals surface area contributed by atoms with Crippen LogP contribution in [-0.4, -0.2) is 60.9 Å². The molecular weight excluding hydrogens is 398 g/mol. The van der Waals surface area contributed by atoms with Crippen molar-refractivity contribution in [1.29, 1.82) is 0 Å². The van der Waals surface area contributed by atoms with Crippen LogP contribution >= 0.6 is 11.6 Å². The molecule has 1 aromatic rings. The van der Waals surface area contributed by atoms with Crippen molar-refractivity contribution in [2.24, 2.45) is 0 Å². The van der Waals surface area contributed by atoms with Crippen LogP contribution in [0.3, 0.4) is 0 Å². The summed E-state index contributed by atoms with van der Waals surface area (Å²) in [6, 6.07) is 8.21.